The maximum Gasteiger partial charge on any atom is 0.302 e. The van der Waals surface area contributed by atoms with Crippen molar-refractivity contribution in [3.63, 3.8) is 0 Å². The van der Waals surface area contributed by atoms with E-state index in [1.807, 2.05) is 0 Å². The zero-order valence-corrected chi connectivity index (χ0v) is 7.65. The zero-order valence-electron chi connectivity index (χ0n) is 6.89. The number of rotatable bonds is 2. The van der Waals surface area contributed by atoms with Crippen LogP contribution in [0.15, 0.2) is 24.3 Å². The van der Waals surface area contributed by atoms with Crippen LogP contribution in [0.4, 0.5) is 0 Å². The van der Waals surface area contributed by atoms with Gasteiger partial charge < -0.3 is 4.74 Å². The Labute approximate surface area is 72.5 Å². The summed E-state index contributed by atoms with van der Waals surface area (Å²) in [5.41, 5.74) is 0. The summed E-state index contributed by atoms with van der Waals surface area (Å²) in [6.45, 7) is 10.3. The highest BCUT2D eigenvalue weighted by atomic mass is 35.5. The lowest BCUT2D eigenvalue weighted by molar-refractivity contribution is -0.140. The molecule has 0 amide bonds. The van der Waals surface area contributed by atoms with Gasteiger partial charge in [0.15, 0.2) is 0 Å². The van der Waals surface area contributed by atoms with Gasteiger partial charge in [-0.2, -0.15) is 0 Å². The van der Waals surface area contributed by atoms with Crippen molar-refractivity contribution in [2.45, 2.75) is 13.8 Å². The Morgan fingerprint density at radius 1 is 1.73 bits per heavy atom. The first kappa shape index (κ1) is 12.9. The second kappa shape index (κ2) is 9.24. The van der Waals surface area contributed by atoms with E-state index in [-0.39, 0.29) is 5.97 Å². The van der Waals surface area contributed by atoms with E-state index in [1.165, 1.54) is 13.0 Å². The maximum absolute atomic E-state index is 9.82. The number of esters is 1. The van der Waals surface area contributed by atoms with Crippen LogP contribution >= 0.6 is 11.6 Å². The summed E-state index contributed by atoms with van der Waals surface area (Å²) in [4.78, 5) is 9.82. The molecule has 0 aliphatic heterocycles. The van der Waals surface area contributed by atoms with Crippen molar-refractivity contribution in [1.29, 1.82) is 0 Å². The summed E-state index contributed by atoms with van der Waals surface area (Å²) in [5.74, 6) is -0.211. The number of ether oxygens (including phenoxy) is 1. The minimum Gasteiger partial charge on any atom is -0.466 e. The smallest absolute Gasteiger partial charge is 0.302 e. The van der Waals surface area contributed by atoms with Gasteiger partial charge in [0.2, 0.25) is 0 Å². The molecule has 0 aliphatic carbocycles. The Hall–Kier alpha value is -0.760. The summed E-state index contributed by atoms with van der Waals surface area (Å²) < 4.78 is 4.40. The number of carbonyl (C=O) groups excluding carboxylic acids is 1. The molecule has 0 atom stereocenters. The molecule has 0 rings (SSSR count). The minimum absolute atomic E-state index is 0.211. The highest BCUT2D eigenvalue weighted by molar-refractivity contribution is 6.30. The van der Waals surface area contributed by atoms with Crippen LogP contribution in [0, 0.1) is 0 Å². The van der Waals surface area contributed by atoms with Gasteiger partial charge >= 0.3 is 5.97 Å². The van der Waals surface area contributed by atoms with Gasteiger partial charge in [-0.05, 0) is 6.92 Å². The van der Waals surface area contributed by atoms with Crippen LogP contribution in [-0.4, -0.2) is 12.6 Å². The Morgan fingerprint density at radius 2 is 2.09 bits per heavy atom. The van der Waals surface area contributed by atoms with E-state index < -0.39 is 0 Å². The van der Waals surface area contributed by atoms with Crippen LogP contribution in [0.5, 0.6) is 0 Å². The van der Waals surface area contributed by atoms with Crippen molar-refractivity contribution in [3.05, 3.63) is 24.3 Å². The largest absolute Gasteiger partial charge is 0.466 e. The molecule has 0 unspecified atom stereocenters. The highest BCUT2D eigenvalue weighted by Gasteiger charge is 1.81. The van der Waals surface area contributed by atoms with Crippen molar-refractivity contribution < 1.29 is 9.53 Å². The zero-order chi connectivity index (χ0) is 9.28. The molecule has 0 aliphatic rings. The number of carbonyl (C=O) groups is 1. The normalized spacial score (nSPS) is 7.18. The van der Waals surface area contributed by atoms with Gasteiger partial charge in [-0.1, -0.05) is 30.8 Å². The van der Waals surface area contributed by atoms with Crippen molar-refractivity contribution in [2.75, 3.05) is 6.61 Å². The lowest BCUT2D eigenvalue weighted by Gasteiger charge is -1.89. The fourth-order valence-electron chi connectivity index (χ4n) is 0.203. The second-order valence-electron chi connectivity index (χ2n) is 1.58. The van der Waals surface area contributed by atoms with E-state index in [9.17, 15) is 4.79 Å². The molecule has 2 nitrogen and oxygen atoms in total. The molecular formula is C8H13ClO2. The van der Waals surface area contributed by atoms with E-state index in [4.69, 9.17) is 11.6 Å². The van der Waals surface area contributed by atoms with Crippen LogP contribution in [-0.2, 0) is 9.53 Å². The number of allylic oxidation sites excluding steroid dienone is 2. The van der Waals surface area contributed by atoms with E-state index in [2.05, 4.69) is 17.9 Å². The fourth-order valence-corrected chi connectivity index (χ4v) is 0.203. The van der Waals surface area contributed by atoms with Crippen LogP contribution in [0.25, 0.3) is 0 Å². The highest BCUT2D eigenvalue weighted by Crippen LogP contribution is 1.92. The Bertz CT molecular complexity index is 141. The van der Waals surface area contributed by atoms with Crippen molar-refractivity contribution in [2.24, 2.45) is 0 Å². The van der Waals surface area contributed by atoms with Gasteiger partial charge in [0.1, 0.15) is 0 Å². The molecule has 0 saturated carbocycles. The summed E-state index contributed by atoms with van der Waals surface area (Å²) in [6, 6.07) is 0. The molecule has 0 fully saturated rings. The summed E-state index contributed by atoms with van der Waals surface area (Å²) in [7, 11) is 0. The van der Waals surface area contributed by atoms with E-state index in [0.717, 1.165) is 0 Å². The van der Waals surface area contributed by atoms with Crippen LogP contribution < -0.4 is 0 Å². The minimum atomic E-state index is -0.211. The summed E-state index contributed by atoms with van der Waals surface area (Å²) in [5, 5.41) is 0.491. The predicted octanol–water partition coefficient (Wildman–Crippen LogP) is 2.49. The molecule has 0 heterocycles. The van der Waals surface area contributed by atoms with Crippen LogP contribution in [0.1, 0.15) is 13.8 Å². The molecule has 0 saturated heterocycles. The maximum atomic E-state index is 9.82. The van der Waals surface area contributed by atoms with Crippen LogP contribution in [0.3, 0.4) is 0 Å². The van der Waals surface area contributed by atoms with Crippen molar-refractivity contribution >= 4 is 17.6 Å². The molecule has 0 radical (unpaired) electrons. The molecule has 0 bridgehead atoms. The molecule has 0 aromatic carbocycles. The third kappa shape index (κ3) is 26.9. The molecule has 11 heavy (non-hydrogen) atoms. The van der Waals surface area contributed by atoms with E-state index >= 15 is 0 Å². The predicted molar refractivity (Wildman–Crippen MR) is 47.5 cm³/mol. The first-order chi connectivity index (χ1) is 5.04. The fraction of sp³-hybridized carbons (Fsp3) is 0.375. The first-order valence-corrected chi connectivity index (χ1v) is 3.52. The average molecular weight is 177 g/mol. The number of halogens is 1. The molecule has 0 aromatic heterocycles. The van der Waals surface area contributed by atoms with Gasteiger partial charge in [0, 0.05) is 12.0 Å². The molecule has 0 spiro atoms. The van der Waals surface area contributed by atoms with Gasteiger partial charge in [-0.3, -0.25) is 4.79 Å². The Balaban J connectivity index is 0. The number of hydrogen-bond donors (Lipinski definition) is 0. The summed E-state index contributed by atoms with van der Waals surface area (Å²) in [6.07, 6.45) is 1.49. The molecule has 3 heteroatoms. The van der Waals surface area contributed by atoms with Gasteiger partial charge in [-0.25, -0.2) is 0 Å². The Morgan fingerprint density at radius 3 is 2.09 bits per heavy atom. The van der Waals surface area contributed by atoms with Gasteiger partial charge in [0.05, 0.1) is 6.61 Å². The van der Waals surface area contributed by atoms with Crippen LogP contribution in [0.2, 0.25) is 0 Å². The lowest BCUT2D eigenvalue weighted by Crippen LogP contribution is -1.95. The monoisotopic (exact) mass is 176 g/mol. The van der Waals surface area contributed by atoms with Crippen molar-refractivity contribution in [1.82, 2.24) is 0 Å². The third-order valence-electron chi connectivity index (χ3n) is 0.569. The van der Waals surface area contributed by atoms with Crippen molar-refractivity contribution in [3.8, 4) is 0 Å². The van der Waals surface area contributed by atoms with E-state index in [0.29, 0.717) is 11.6 Å². The SMILES string of the molecule is C=CC(=C)Cl.CCOC(C)=O. The Kier molecular flexibility index (Phi) is 10.8. The van der Waals surface area contributed by atoms with Gasteiger partial charge in [-0.15, -0.1) is 0 Å². The quantitative estimate of drug-likeness (QED) is 0.477. The lowest BCUT2D eigenvalue weighted by atomic mass is 10.6. The molecule has 0 aromatic rings. The molecule has 0 N–H and O–H groups in total. The number of hydrogen-bond acceptors (Lipinski definition) is 2. The second-order valence-corrected chi connectivity index (χ2v) is 2.06. The third-order valence-corrected chi connectivity index (χ3v) is 0.723. The molecular weight excluding hydrogens is 164 g/mol. The van der Waals surface area contributed by atoms with E-state index in [1.54, 1.807) is 6.92 Å². The topological polar surface area (TPSA) is 26.3 Å². The summed E-state index contributed by atoms with van der Waals surface area (Å²) >= 11 is 5.15. The standard InChI is InChI=1S/C4H5Cl.C4H8O2/c1-3-4(2)5;1-3-6-4(2)5/h3H,1-2H2;3H2,1-2H3. The first-order valence-electron chi connectivity index (χ1n) is 3.14. The van der Waals surface area contributed by atoms with Gasteiger partial charge in [0.25, 0.3) is 0 Å². The molecule has 64 valence electrons. The average Bonchev–Trinajstić information content (AvgIpc) is 1.89.